The summed E-state index contributed by atoms with van der Waals surface area (Å²) >= 11 is 1.91. The molecular formula is C62H36OS. The summed E-state index contributed by atoms with van der Waals surface area (Å²) in [4.78, 5) is 0. The zero-order valence-electron chi connectivity index (χ0n) is 34.6. The van der Waals surface area contributed by atoms with Crippen LogP contribution in [0.4, 0.5) is 0 Å². The number of hydrogen-bond donors (Lipinski definition) is 0. The maximum absolute atomic E-state index is 6.46. The second-order valence-corrected chi connectivity index (χ2v) is 18.1. The Morgan fingerprint density at radius 1 is 0.281 bits per heavy atom. The lowest BCUT2D eigenvalue weighted by Crippen LogP contribution is -1.91. The fourth-order valence-corrected chi connectivity index (χ4v) is 12.2. The monoisotopic (exact) mass is 828 g/mol. The fourth-order valence-electron chi connectivity index (χ4n) is 10.9. The minimum atomic E-state index is 0.908. The molecule has 0 radical (unpaired) electrons. The van der Waals surface area contributed by atoms with Crippen molar-refractivity contribution in [3.05, 3.63) is 218 Å². The van der Waals surface area contributed by atoms with Crippen LogP contribution in [0.25, 0.3) is 140 Å². The third kappa shape index (κ3) is 5.12. The van der Waals surface area contributed by atoms with Gasteiger partial charge in [0.25, 0.3) is 0 Å². The first-order valence-corrected chi connectivity index (χ1v) is 22.8. The van der Waals surface area contributed by atoms with Gasteiger partial charge in [0, 0.05) is 36.5 Å². The second-order valence-electron chi connectivity index (χ2n) is 17.0. The van der Waals surface area contributed by atoms with Gasteiger partial charge in [-0.15, -0.1) is 11.3 Å². The Balaban J connectivity index is 0.991. The highest BCUT2D eigenvalue weighted by molar-refractivity contribution is 7.26. The van der Waals surface area contributed by atoms with E-state index in [2.05, 4.69) is 218 Å². The number of rotatable bonds is 4. The highest BCUT2D eigenvalue weighted by atomic mass is 32.1. The summed E-state index contributed by atoms with van der Waals surface area (Å²) in [5, 5.41) is 17.4. The highest BCUT2D eigenvalue weighted by Gasteiger charge is 2.22. The Kier molecular flexibility index (Phi) is 7.63. The largest absolute Gasteiger partial charge is 0.456 e. The molecule has 2 heterocycles. The molecule has 0 unspecified atom stereocenters. The SMILES string of the molecule is c1ccc(-c2c3ccccc3c(-c3ccc4c(c3)sc3c(-c5c6ccccc6c(-c6ccc7oc8ccc9ccccc9c8c7c6)c6ccccc56)cccc34)c3ccccc23)cc1. The van der Waals surface area contributed by atoms with Gasteiger partial charge in [0.2, 0.25) is 0 Å². The van der Waals surface area contributed by atoms with E-state index in [9.17, 15) is 0 Å². The Labute approximate surface area is 372 Å². The van der Waals surface area contributed by atoms with E-state index in [1.165, 1.54) is 124 Å². The molecule has 1 nitrogen and oxygen atoms in total. The number of hydrogen-bond acceptors (Lipinski definition) is 2. The molecule has 14 aromatic rings. The molecule has 14 rings (SSSR count). The molecule has 0 N–H and O–H groups in total. The summed E-state index contributed by atoms with van der Waals surface area (Å²) in [6.07, 6.45) is 0. The van der Waals surface area contributed by atoms with E-state index >= 15 is 0 Å². The molecule has 0 amide bonds. The van der Waals surface area contributed by atoms with Crippen molar-refractivity contribution >= 4 is 107 Å². The molecule has 0 atom stereocenters. The van der Waals surface area contributed by atoms with Gasteiger partial charge in [0.1, 0.15) is 11.2 Å². The first kappa shape index (κ1) is 35.5. The van der Waals surface area contributed by atoms with Gasteiger partial charge in [-0.1, -0.05) is 194 Å². The molecule has 64 heavy (non-hydrogen) atoms. The molecule has 0 saturated carbocycles. The zero-order chi connectivity index (χ0) is 41.9. The van der Waals surface area contributed by atoms with E-state index in [-0.39, 0.29) is 0 Å². The summed E-state index contributed by atoms with van der Waals surface area (Å²) in [5.41, 5.74) is 11.9. The van der Waals surface area contributed by atoms with Crippen molar-refractivity contribution in [3.63, 3.8) is 0 Å². The molecule has 0 saturated heterocycles. The van der Waals surface area contributed by atoms with Crippen LogP contribution in [0.1, 0.15) is 0 Å². The molecule has 2 heteroatoms. The van der Waals surface area contributed by atoms with Crippen molar-refractivity contribution in [2.24, 2.45) is 0 Å². The summed E-state index contributed by atoms with van der Waals surface area (Å²) in [6, 6.07) is 80.4. The maximum atomic E-state index is 6.46. The predicted octanol–water partition coefficient (Wildman–Crippen LogP) is 18.4. The summed E-state index contributed by atoms with van der Waals surface area (Å²) in [6.45, 7) is 0. The van der Waals surface area contributed by atoms with Gasteiger partial charge in [-0.05, 0) is 117 Å². The summed E-state index contributed by atoms with van der Waals surface area (Å²) < 4.78 is 9.06. The van der Waals surface area contributed by atoms with E-state index in [1.807, 2.05) is 11.3 Å². The number of furan rings is 1. The molecule has 0 aliphatic heterocycles. The van der Waals surface area contributed by atoms with Crippen LogP contribution in [0.5, 0.6) is 0 Å². The van der Waals surface area contributed by atoms with Crippen molar-refractivity contribution in [1.29, 1.82) is 0 Å². The summed E-state index contributed by atoms with van der Waals surface area (Å²) in [7, 11) is 0. The average molecular weight is 829 g/mol. The van der Waals surface area contributed by atoms with E-state index in [0.717, 1.165) is 16.6 Å². The van der Waals surface area contributed by atoms with Crippen molar-refractivity contribution in [3.8, 4) is 44.5 Å². The lowest BCUT2D eigenvalue weighted by molar-refractivity contribution is 0.669. The van der Waals surface area contributed by atoms with E-state index in [4.69, 9.17) is 4.42 Å². The van der Waals surface area contributed by atoms with Crippen LogP contribution < -0.4 is 0 Å². The van der Waals surface area contributed by atoms with Gasteiger partial charge in [0.15, 0.2) is 0 Å². The van der Waals surface area contributed by atoms with Gasteiger partial charge in [-0.25, -0.2) is 0 Å². The van der Waals surface area contributed by atoms with Crippen molar-refractivity contribution in [2.75, 3.05) is 0 Å². The molecule has 296 valence electrons. The van der Waals surface area contributed by atoms with Crippen LogP contribution in [0.15, 0.2) is 223 Å². The number of thiophene rings is 1. The molecule has 0 fully saturated rings. The predicted molar refractivity (Wildman–Crippen MR) is 276 cm³/mol. The van der Waals surface area contributed by atoms with Crippen LogP contribution in [0.2, 0.25) is 0 Å². The first-order chi connectivity index (χ1) is 31.8. The molecule has 2 aromatic heterocycles. The van der Waals surface area contributed by atoms with E-state index in [1.54, 1.807) is 0 Å². The van der Waals surface area contributed by atoms with Crippen LogP contribution in [0, 0.1) is 0 Å². The third-order valence-corrected chi connectivity index (χ3v) is 14.8. The molecule has 0 aliphatic rings. The highest BCUT2D eigenvalue weighted by Crippen LogP contribution is 2.50. The van der Waals surface area contributed by atoms with Gasteiger partial charge < -0.3 is 4.42 Å². The van der Waals surface area contributed by atoms with E-state index in [0.29, 0.717) is 0 Å². The number of fused-ring (bicyclic) bond motifs is 12. The van der Waals surface area contributed by atoms with Gasteiger partial charge in [0.05, 0.1) is 0 Å². The van der Waals surface area contributed by atoms with Crippen molar-refractivity contribution < 1.29 is 4.42 Å². The van der Waals surface area contributed by atoms with Crippen LogP contribution in [-0.2, 0) is 0 Å². The van der Waals surface area contributed by atoms with Crippen molar-refractivity contribution in [2.45, 2.75) is 0 Å². The Morgan fingerprint density at radius 3 is 1.39 bits per heavy atom. The standard InChI is InChI=1S/C62H36OS/c1-2-16-38(17-3-1)57-43-19-6-8-21-45(43)59(46-22-9-7-20-44(46)57)40-29-32-42-51-27-14-28-52(62(51)64-56(42)36-40)60-49-25-12-10-23-47(49)58(48-24-11-13-26-50(48)60)39-31-33-54-53(35-39)61-41-18-5-4-15-37(41)30-34-55(61)63-54/h1-36H. The molecular weight excluding hydrogens is 793 g/mol. The molecule has 12 aromatic carbocycles. The normalized spacial score (nSPS) is 12.1. The second kappa shape index (κ2) is 13.7. The van der Waals surface area contributed by atoms with E-state index < -0.39 is 0 Å². The minimum absolute atomic E-state index is 0.908. The molecule has 0 bridgehead atoms. The quantitative estimate of drug-likeness (QED) is 0.161. The Morgan fingerprint density at radius 2 is 0.766 bits per heavy atom. The molecule has 0 spiro atoms. The first-order valence-electron chi connectivity index (χ1n) is 22.0. The smallest absolute Gasteiger partial charge is 0.136 e. The number of benzene rings is 12. The topological polar surface area (TPSA) is 13.1 Å². The van der Waals surface area contributed by atoms with Gasteiger partial charge in [-0.3, -0.25) is 0 Å². The van der Waals surface area contributed by atoms with Gasteiger partial charge >= 0.3 is 0 Å². The molecule has 0 aliphatic carbocycles. The van der Waals surface area contributed by atoms with Crippen LogP contribution in [0.3, 0.4) is 0 Å². The average Bonchev–Trinajstić information content (AvgIpc) is 3.93. The Hall–Kier alpha value is -8.04. The third-order valence-electron chi connectivity index (χ3n) is 13.6. The Bertz CT molecular complexity index is 4130. The lowest BCUT2D eigenvalue weighted by atomic mass is 9.85. The van der Waals surface area contributed by atoms with Crippen LogP contribution >= 0.6 is 11.3 Å². The van der Waals surface area contributed by atoms with Gasteiger partial charge in [-0.2, -0.15) is 0 Å². The lowest BCUT2D eigenvalue weighted by Gasteiger charge is -2.18. The van der Waals surface area contributed by atoms with Crippen LogP contribution in [-0.4, -0.2) is 0 Å². The zero-order valence-corrected chi connectivity index (χ0v) is 35.4. The van der Waals surface area contributed by atoms with Crippen molar-refractivity contribution in [1.82, 2.24) is 0 Å². The maximum Gasteiger partial charge on any atom is 0.136 e. The fraction of sp³-hybridized carbons (Fsp3) is 0. The summed E-state index contributed by atoms with van der Waals surface area (Å²) in [5.74, 6) is 0. The minimum Gasteiger partial charge on any atom is -0.456 e.